The molecule has 0 spiro atoms. The molecule has 0 fully saturated rings. The van der Waals surface area contributed by atoms with Crippen LogP contribution in [-0.4, -0.2) is 5.97 Å². The number of hydrogen-bond acceptors (Lipinski definition) is 3. The molecule has 1 rings (SSSR count). The molecule has 0 unspecified atom stereocenters. The third kappa shape index (κ3) is 1.34. The van der Waals surface area contributed by atoms with E-state index in [1.54, 1.807) is 12.1 Å². The second-order valence-corrected chi connectivity index (χ2v) is 2.87. The monoisotopic (exact) mass is 157 g/mol. The maximum atomic E-state index is 10.2. The van der Waals surface area contributed by atoms with Crippen molar-refractivity contribution in [3.8, 4) is 0 Å². The van der Waals surface area contributed by atoms with E-state index in [1.165, 1.54) is 11.3 Å². The fourth-order valence-corrected chi connectivity index (χ4v) is 1.34. The van der Waals surface area contributed by atoms with Crippen molar-refractivity contribution in [3.63, 3.8) is 0 Å². The second kappa shape index (κ2) is 2.81. The van der Waals surface area contributed by atoms with Crippen LogP contribution in [0.3, 0.4) is 0 Å². The smallest absolute Gasteiger partial charge is 0.159 e. The molecule has 0 amide bonds. The summed E-state index contributed by atoms with van der Waals surface area (Å²) in [6.45, 7) is 0. The number of thiophene rings is 1. The average molecular weight is 157 g/mol. The van der Waals surface area contributed by atoms with Crippen LogP contribution >= 0.6 is 11.3 Å². The first kappa shape index (κ1) is 7.24. The van der Waals surface area contributed by atoms with Gasteiger partial charge in [-0.25, -0.2) is 0 Å². The van der Waals surface area contributed by atoms with E-state index in [1.807, 2.05) is 5.38 Å². The van der Waals surface area contributed by atoms with Gasteiger partial charge in [-0.15, -0.1) is 11.3 Å². The number of rotatable bonds is 2. The van der Waals surface area contributed by atoms with E-state index in [4.69, 9.17) is 0 Å². The Bertz CT molecular complexity index is 220. The lowest BCUT2D eigenvalue weighted by molar-refractivity contribution is -0.442. The standard InChI is InChI=1S/C6H7NO2S/c7-5(6(8)9)4-2-1-3-10-4/h1-3,5H,7H2,(H,8,9)/t5-/m1/s1. The van der Waals surface area contributed by atoms with E-state index in [-0.39, 0.29) is 0 Å². The molecule has 0 saturated carbocycles. The minimum absolute atomic E-state index is 0.722. The molecular formula is C6H7NO2S. The van der Waals surface area contributed by atoms with Gasteiger partial charge in [-0.05, 0) is 11.4 Å². The molecule has 4 heteroatoms. The Morgan fingerprint density at radius 2 is 2.50 bits per heavy atom. The topological polar surface area (TPSA) is 67.8 Å². The number of aliphatic carboxylic acids is 1. The minimum atomic E-state index is -1.12. The molecule has 1 aromatic rings. The highest BCUT2D eigenvalue weighted by Crippen LogP contribution is 2.13. The molecule has 3 nitrogen and oxygen atoms in total. The molecule has 0 bridgehead atoms. The van der Waals surface area contributed by atoms with Gasteiger partial charge in [-0.1, -0.05) is 6.07 Å². The van der Waals surface area contributed by atoms with Crippen LogP contribution in [0.15, 0.2) is 17.5 Å². The van der Waals surface area contributed by atoms with E-state index in [9.17, 15) is 9.90 Å². The van der Waals surface area contributed by atoms with Crippen molar-refractivity contribution in [1.82, 2.24) is 0 Å². The fraction of sp³-hybridized carbons (Fsp3) is 0.167. The lowest BCUT2D eigenvalue weighted by Crippen LogP contribution is -2.60. The molecule has 10 heavy (non-hydrogen) atoms. The Labute approximate surface area is 62.1 Å². The van der Waals surface area contributed by atoms with Crippen LogP contribution in [0.25, 0.3) is 0 Å². The van der Waals surface area contributed by atoms with Crippen LogP contribution in [0.1, 0.15) is 10.9 Å². The van der Waals surface area contributed by atoms with Crippen molar-refractivity contribution < 1.29 is 15.6 Å². The minimum Gasteiger partial charge on any atom is -0.544 e. The van der Waals surface area contributed by atoms with Gasteiger partial charge in [0.1, 0.15) is 5.97 Å². The van der Waals surface area contributed by atoms with Crippen LogP contribution in [0, 0.1) is 0 Å². The SMILES string of the molecule is [NH3+][C@@H](C(=O)[O-])c1cccs1. The summed E-state index contributed by atoms with van der Waals surface area (Å²) < 4.78 is 0. The normalized spacial score (nSPS) is 12.9. The first-order chi connectivity index (χ1) is 4.72. The van der Waals surface area contributed by atoms with E-state index < -0.39 is 12.0 Å². The molecule has 0 aliphatic heterocycles. The van der Waals surface area contributed by atoms with E-state index in [2.05, 4.69) is 5.73 Å². The van der Waals surface area contributed by atoms with E-state index in [0.29, 0.717) is 0 Å². The molecule has 0 aliphatic carbocycles. The maximum Gasteiger partial charge on any atom is 0.159 e. The van der Waals surface area contributed by atoms with Crippen LogP contribution < -0.4 is 10.8 Å². The van der Waals surface area contributed by atoms with Crippen molar-refractivity contribution in [2.24, 2.45) is 0 Å². The molecule has 0 saturated heterocycles. The number of carboxylic acids is 1. The lowest BCUT2D eigenvalue weighted by Gasteiger charge is -2.04. The quantitative estimate of drug-likeness (QED) is 0.584. The van der Waals surface area contributed by atoms with Gasteiger partial charge in [0.15, 0.2) is 6.04 Å². The zero-order chi connectivity index (χ0) is 7.56. The largest absolute Gasteiger partial charge is 0.544 e. The average Bonchev–Trinajstić information content (AvgIpc) is 2.36. The van der Waals surface area contributed by atoms with Crippen LogP contribution in [0.4, 0.5) is 0 Å². The van der Waals surface area contributed by atoms with Gasteiger partial charge in [0.25, 0.3) is 0 Å². The molecular weight excluding hydrogens is 150 g/mol. The van der Waals surface area contributed by atoms with Crippen molar-refractivity contribution >= 4 is 17.3 Å². The summed E-state index contributed by atoms with van der Waals surface area (Å²) in [5.74, 6) is -1.12. The highest BCUT2D eigenvalue weighted by molar-refractivity contribution is 7.10. The van der Waals surface area contributed by atoms with Gasteiger partial charge < -0.3 is 15.6 Å². The summed E-state index contributed by atoms with van der Waals surface area (Å²) >= 11 is 1.38. The first-order valence-corrected chi connectivity index (χ1v) is 3.67. The lowest BCUT2D eigenvalue weighted by atomic mass is 10.3. The zero-order valence-corrected chi connectivity index (χ0v) is 6.06. The summed E-state index contributed by atoms with van der Waals surface area (Å²) in [4.78, 5) is 11.0. The zero-order valence-electron chi connectivity index (χ0n) is 5.24. The maximum absolute atomic E-state index is 10.2. The fourth-order valence-electron chi connectivity index (χ4n) is 0.606. The molecule has 1 atom stereocenters. The van der Waals surface area contributed by atoms with Gasteiger partial charge >= 0.3 is 0 Å². The van der Waals surface area contributed by atoms with E-state index >= 15 is 0 Å². The molecule has 54 valence electrons. The summed E-state index contributed by atoms with van der Waals surface area (Å²) in [7, 11) is 0. The summed E-state index contributed by atoms with van der Waals surface area (Å²) in [6.07, 6.45) is 0. The highest BCUT2D eigenvalue weighted by atomic mass is 32.1. The van der Waals surface area contributed by atoms with Gasteiger partial charge in [-0.2, -0.15) is 0 Å². The Kier molecular flexibility index (Phi) is 2.03. The van der Waals surface area contributed by atoms with Crippen LogP contribution in [0.2, 0.25) is 0 Å². The van der Waals surface area contributed by atoms with Crippen molar-refractivity contribution in [1.29, 1.82) is 0 Å². The summed E-state index contributed by atoms with van der Waals surface area (Å²) in [5.41, 5.74) is 3.43. The highest BCUT2D eigenvalue weighted by Gasteiger charge is 2.10. The number of quaternary nitrogens is 1. The van der Waals surface area contributed by atoms with Crippen molar-refractivity contribution in [2.75, 3.05) is 0 Å². The molecule has 0 aliphatic rings. The molecule has 3 N–H and O–H groups in total. The summed E-state index contributed by atoms with van der Waals surface area (Å²) in [6, 6.07) is 2.80. The van der Waals surface area contributed by atoms with Gasteiger partial charge in [0, 0.05) is 0 Å². The van der Waals surface area contributed by atoms with Crippen LogP contribution in [-0.2, 0) is 4.79 Å². The van der Waals surface area contributed by atoms with Gasteiger partial charge in [0.05, 0.1) is 4.88 Å². The van der Waals surface area contributed by atoms with E-state index in [0.717, 1.165) is 4.88 Å². The number of carboxylic acid groups (broad SMARTS) is 1. The third-order valence-electron chi connectivity index (χ3n) is 1.17. The molecule has 1 heterocycles. The predicted octanol–water partition coefficient (Wildman–Crippen LogP) is -1.22. The van der Waals surface area contributed by atoms with Crippen LogP contribution in [0.5, 0.6) is 0 Å². The molecule has 1 aromatic heterocycles. The predicted molar refractivity (Wildman–Crippen MR) is 35.0 cm³/mol. The molecule has 0 radical (unpaired) electrons. The van der Waals surface area contributed by atoms with Crippen molar-refractivity contribution in [2.45, 2.75) is 6.04 Å². The molecule has 0 aromatic carbocycles. The second-order valence-electron chi connectivity index (χ2n) is 1.89. The Balaban J connectivity index is 2.77. The summed E-state index contributed by atoms with van der Waals surface area (Å²) in [5, 5.41) is 12.0. The number of carbonyl (C=O) groups excluding carboxylic acids is 1. The first-order valence-electron chi connectivity index (χ1n) is 2.79. The van der Waals surface area contributed by atoms with Crippen molar-refractivity contribution in [3.05, 3.63) is 22.4 Å². The van der Waals surface area contributed by atoms with Gasteiger partial charge in [-0.3, -0.25) is 0 Å². The third-order valence-corrected chi connectivity index (χ3v) is 2.16. The number of hydrogen-bond donors (Lipinski definition) is 1. The Hall–Kier alpha value is -0.870. The Morgan fingerprint density at radius 1 is 1.80 bits per heavy atom. The number of carbonyl (C=O) groups is 1. The van der Waals surface area contributed by atoms with Gasteiger partial charge in [0.2, 0.25) is 0 Å². The Morgan fingerprint density at radius 3 is 2.90 bits per heavy atom.